The first-order valence-electron chi connectivity index (χ1n) is 7.77. The molecule has 1 unspecified atom stereocenters. The lowest BCUT2D eigenvalue weighted by Gasteiger charge is -2.34. The molecule has 0 aromatic carbocycles. The van der Waals surface area contributed by atoms with Gasteiger partial charge in [0.25, 0.3) is 0 Å². The molecule has 1 aromatic heterocycles. The average Bonchev–Trinajstić information content (AvgIpc) is 2.93. The molecule has 1 aliphatic rings. The summed E-state index contributed by atoms with van der Waals surface area (Å²) >= 11 is 1.43. The summed E-state index contributed by atoms with van der Waals surface area (Å²) in [6.07, 6.45) is 2.82. The summed E-state index contributed by atoms with van der Waals surface area (Å²) in [5, 5.41) is 4.10. The number of aromatic nitrogens is 2. The summed E-state index contributed by atoms with van der Waals surface area (Å²) in [5.74, 6) is 0.945. The maximum atomic E-state index is 12.1. The van der Waals surface area contributed by atoms with Gasteiger partial charge in [-0.1, -0.05) is 20.8 Å². The lowest BCUT2D eigenvalue weighted by atomic mass is 9.94. The maximum absolute atomic E-state index is 12.1. The molecule has 1 atom stereocenters. The van der Waals surface area contributed by atoms with Crippen LogP contribution in [0.15, 0.2) is 0 Å². The molecule has 1 saturated heterocycles. The number of anilines is 1. The molecule has 1 N–H and O–H groups in total. The van der Waals surface area contributed by atoms with Crippen LogP contribution in [0.5, 0.6) is 0 Å². The highest BCUT2D eigenvalue weighted by Crippen LogP contribution is 2.23. The van der Waals surface area contributed by atoms with E-state index in [-0.39, 0.29) is 17.4 Å². The third-order valence-corrected chi connectivity index (χ3v) is 4.51. The molecule has 1 fully saturated rings. The van der Waals surface area contributed by atoms with E-state index in [1.54, 1.807) is 7.11 Å². The Hall–Kier alpha value is -1.21. The van der Waals surface area contributed by atoms with Gasteiger partial charge in [-0.2, -0.15) is 4.37 Å². The van der Waals surface area contributed by atoms with Crippen molar-refractivity contribution in [2.45, 2.75) is 46.1 Å². The molecule has 22 heavy (non-hydrogen) atoms. The predicted octanol–water partition coefficient (Wildman–Crippen LogP) is 1.86. The molecule has 0 saturated carbocycles. The number of methoxy groups -OCH3 is 1. The van der Waals surface area contributed by atoms with Gasteiger partial charge in [0.15, 0.2) is 0 Å². The van der Waals surface area contributed by atoms with Crippen LogP contribution in [-0.4, -0.2) is 48.1 Å². The molecule has 124 valence electrons. The summed E-state index contributed by atoms with van der Waals surface area (Å²) in [4.78, 5) is 18.9. The highest BCUT2D eigenvalue weighted by Gasteiger charge is 2.28. The molecular formula is C15H26N4O2S. The van der Waals surface area contributed by atoms with Crippen LogP contribution in [0.2, 0.25) is 0 Å². The number of carbonyl (C=O) groups excluding carboxylic acids is 1. The van der Waals surface area contributed by atoms with Gasteiger partial charge in [-0.3, -0.25) is 4.79 Å². The van der Waals surface area contributed by atoms with Crippen molar-refractivity contribution in [2.24, 2.45) is 5.41 Å². The Morgan fingerprint density at radius 1 is 1.50 bits per heavy atom. The number of nitrogens with zero attached hydrogens (tertiary/aromatic N) is 3. The van der Waals surface area contributed by atoms with Gasteiger partial charge in [0.05, 0.1) is 6.61 Å². The second kappa shape index (κ2) is 7.37. The number of hydrogen-bond acceptors (Lipinski definition) is 6. The van der Waals surface area contributed by atoms with E-state index < -0.39 is 0 Å². The Kier molecular flexibility index (Phi) is 5.74. The number of carbonyl (C=O) groups is 1. The minimum Gasteiger partial charge on any atom is -0.384 e. The molecule has 7 heteroatoms. The highest BCUT2D eigenvalue weighted by atomic mass is 32.1. The van der Waals surface area contributed by atoms with Crippen LogP contribution in [0.4, 0.5) is 5.13 Å². The smallest absolute Gasteiger partial charge is 0.225 e. The van der Waals surface area contributed by atoms with Gasteiger partial charge in [-0.25, -0.2) is 4.98 Å². The van der Waals surface area contributed by atoms with Gasteiger partial charge in [0.2, 0.25) is 11.0 Å². The van der Waals surface area contributed by atoms with Crippen LogP contribution in [0.25, 0.3) is 0 Å². The van der Waals surface area contributed by atoms with Crippen LogP contribution in [0.1, 0.15) is 39.4 Å². The number of rotatable bonds is 5. The van der Waals surface area contributed by atoms with Crippen molar-refractivity contribution in [3.8, 4) is 0 Å². The van der Waals surface area contributed by atoms with Crippen molar-refractivity contribution in [3.05, 3.63) is 5.82 Å². The third-order valence-electron chi connectivity index (χ3n) is 3.70. The van der Waals surface area contributed by atoms with E-state index in [1.165, 1.54) is 11.5 Å². The van der Waals surface area contributed by atoms with E-state index in [0.717, 1.165) is 43.3 Å². The van der Waals surface area contributed by atoms with E-state index in [1.807, 2.05) is 20.8 Å². The fourth-order valence-corrected chi connectivity index (χ4v) is 3.09. The van der Waals surface area contributed by atoms with Crippen LogP contribution in [-0.2, 0) is 16.0 Å². The summed E-state index contributed by atoms with van der Waals surface area (Å²) in [7, 11) is 1.68. The van der Waals surface area contributed by atoms with Gasteiger partial charge in [0.1, 0.15) is 5.82 Å². The summed E-state index contributed by atoms with van der Waals surface area (Å²) in [6.45, 7) is 8.24. The van der Waals surface area contributed by atoms with Crippen molar-refractivity contribution in [2.75, 3.05) is 31.7 Å². The summed E-state index contributed by atoms with van der Waals surface area (Å²) in [6, 6.07) is 0.187. The van der Waals surface area contributed by atoms with E-state index in [9.17, 15) is 4.79 Å². The standard InChI is InChI=1S/C15H26N4O2S/c1-15(2,3)13(20)16-11-6-5-8-19(10-11)14-17-12(18-22-14)7-9-21-4/h11H,5-10H2,1-4H3,(H,16,20). The van der Waals surface area contributed by atoms with Gasteiger partial charge in [-0.15, -0.1) is 0 Å². The molecule has 0 aliphatic carbocycles. The van der Waals surface area contributed by atoms with Crippen molar-refractivity contribution in [1.82, 2.24) is 14.7 Å². The second-order valence-corrected chi connectivity index (χ2v) is 7.47. The molecule has 1 aliphatic heterocycles. The lowest BCUT2D eigenvalue weighted by molar-refractivity contribution is -0.129. The van der Waals surface area contributed by atoms with Crippen molar-refractivity contribution < 1.29 is 9.53 Å². The first-order valence-corrected chi connectivity index (χ1v) is 8.55. The van der Waals surface area contributed by atoms with Gasteiger partial charge in [-0.05, 0) is 12.8 Å². The highest BCUT2D eigenvalue weighted by molar-refractivity contribution is 7.09. The quantitative estimate of drug-likeness (QED) is 0.894. The molecule has 2 heterocycles. The van der Waals surface area contributed by atoms with E-state index in [0.29, 0.717) is 6.61 Å². The molecule has 0 spiro atoms. The van der Waals surface area contributed by atoms with Crippen molar-refractivity contribution in [1.29, 1.82) is 0 Å². The number of hydrogen-bond donors (Lipinski definition) is 1. The van der Waals surface area contributed by atoms with Crippen LogP contribution in [0, 0.1) is 5.41 Å². The van der Waals surface area contributed by atoms with E-state index in [4.69, 9.17) is 4.74 Å². The minimum absolute atomic E-state index is 0.109. The zero-order chi connectivity index (χ0) is 16.2. The molecule has 0 radical (unpaired) electrons. The largest absolute Gasteiger partial charge is 0.384 e. The zero-order valence-corrected chi connectivity index (χ0v) is 14.7. The van der Waals surface area contributed by atoms with Crippen molar-refractivity contribution in [3.63, 3.8) is 0 Å². The third kappa shape index (κ3) is 4.64. The molecule has 2 rings (SSSR count). The first kappa shape index (κ1) is 17.1. The van der Waals surface area contributed by atoms with Crippen LogP contribution < -0.4 is 10.2 Å². The fraction of sp³-hybridized carbons (Fsp3) is 0.800. The normalized spacial score (nSPS) is 19.3. The van der Waals surface area contributed by atoms with Gasteiger partial charge in [0, 0.05) is 49.6 Å². The average molecular weight is 326 g/mol. The molecule has 1 amide bonds. The molecule has 6 nitrogen and oxygen atoms in total. The number of nitrogens with one attached hydrogen (secondary N) is 1. The van der Waals surface area contributed by atoms with Gasteiger partial charge >= 0.3 is 0 Å². The topological polar surface area (TPSA) is 67.3 Å². The van der Waals surface area contributed by atoms with Gasteiger partial charge < -0.3 is 15.0 Å². The molecular weight excluding hydrogens is 300 g/mol. The molecule has 0 bridgehead atoms. The Morgan fingerprint density at radius 3 is 2.95 bits per heavy atom. The van der Waals surface area contributed by atoms with Crippen LogP contribution in [0.3, 0.4) is 0 Å². The lowest BCUT2D eigenvalue weighted by Crippen LogP contribution is -2.50. The zero-order valence-electron chi connectivity index (χ0n) is 13.9. The Balaban J connectivity index is 1.92. The minimum atomic E-state index is -0.349. The van der Waals surface area contributed by atoms with E-state index >= 15 is 0 Å². The summed E-state index contributed by atoms with van der Waals surface area (Å²) in [5.41, 5.74) is -0.349. The Morgan fingerprint density at radius 2 is 2.27 bits per heavy atom. The van der Waals surface area contributed by atoms with E-state index in [2.05, 4.69) is 19.6 Å². The predicted molar refractivity (Wildman–Crippen MR) is 88.3 cm³/mol. The summed E-state index contributed by atoms with van der Waals surface area (Å²) < 4.78 is 9.43. The fourth-order valence-electron chi connectivity index (χ4n) is 2.34. The molecule has 1 aromatic rings. The second-order valence-electron chi connectivity index (χ2n) is 6.74. The number of amides is 1. The monoisotopic (exact) mass is 326 g/mol. The number of ether oxygens (including phenoxy) is 1. The SMILES string of the molecule is COCCc1nsc(N2CCCC(NC(=O)C(C)(C)C)C2)n1. The number of piperidine rings is 1. The van der Waals surface area contributed by atoms with Crippen LogP contribution >= 0.6 is 11.5 Å². The Labute approximate surface area is 136 Å². The first-order chi connectivity index (χ1) is 10.4. The Bertz CT molecular complexity index is 498. The maximum Gasteiger partial charge on any atom is 0.225 e. The van der Waals surface area contributed by atoms with Crippen molar-refractivity contribution >= 4 is 22.6 Å².